The van der Waals surface area contributed by atoms with Gasteiger partial charge in [-0.05, 0) is 45.0 Å². The minimum atomic E-state index is -0.0568. The van der Waals surface area contributed by atoms with Crippen molar-refractivity contribution in [3.8, 4) is 22.9 Å². The predicted molar refractivity (Wildman–Crippen MR) is 105 cm³/mol. The number of nitrogens with one attached hydrogen (secondary N) is 1. The van der Waals surface area contributed by atoms with Gasteiger partial charge in [0.15, 0.2) is 0 Å². The van der Waals surface area contributed by atoms with Gasteiger partial charge in [0.1, 0.15) is 17.3 Å². The zero-order valence-corrected chi connectivity index (χ0v) is 15.8. The standard InChI is InChI=1S/C21H23N3O3/c1-4-26-17-10-9-15(19(13(17)3)27-5-2)20-23-16-8-6-7-14-18(16)24(20)12-11-22-21(14)25/h6-10H,4-5,11-12H2,1-3H3,(H,22,25). The monoisotopic (exact) mass is 365 g/mol. The van der Waals surface area contributed by atoms with Crippen molar-refractivity contribution in [2.45, 2.75) is 27.3 Å². The zero-order chi connectivity index (χ0) is 19.0. The van der Waals surface area contributed by atoms with Crippen molar-refractivity contribution < 1.29 is 14.3 Å². The Morgan fingerprint density at radius 1 is 1.11 bits per heavy atom. The van der Waals surface area contributed by atoms with Gasteiger partial charge < -0.3 is 19.4 Å². The van der Waals surface area contributed by atoms with E-state index in [1.807, 2.05) is 51.1 Å². The molecule has 0 bridgehead atoms. The average Bonchev–Trinajstić information content (AvgIpc) is 2.94. The van der Waals surface area contributed by atoms with E-state index in [1.54, 1.807) is 0 Å². The van der Waals surface area contributed by atoms with Crippen molar-refractivity contribution in [2.24, 2.45) is 0 Å². The third kappa shape index (κ3) is 2.81. The van der Waals surface area contributed by atoms with Crippen LogP contribution in [0.3, 0.4) is 0 Å². The van der Waals surface area contributed by atoms with Crippen LogP contribution < -0.4 is 14.8 Å². The lowest BCUT2D eigenvalue weighted by Crippen LogP contribution is -2.24. The molecule has 6 heteroatoms. The molecule has 0 atom stereocenters. The number of hydrogen-bond donors (Lipinski definition) is 1. The van der Waals surface area contributed by atoms with Gasteiger partial charge in [0.2, 0.25) is 0 Å². The van der Waals surface area contributed by atoms with Crippen molar-refractivity contribution in [2.75, 3.05) is 19.8 Å². The summed E-state index contributed by atoms with van der Waals surface area (Å²) in [5, 5.41) is 2.95. The molecular weight excluding hydrogens is 342 g/mol. The maximum Gasteiger partial charge on any atom is 0.253 e. The SMILES string of the molecule is CCOc1ccc(-c2nc3cccc4c3n2CCNC4=O)c(OCC)c1C. The maximum absolute atomic E-state index is 12.4. The summed E-state index contributed by atoms with van der Waals surface area (Å²) in [7, 11) is 0. The van der Waals surface area contributed by atoms with E-state index in [0.717, 1.165) is 39.5 Å². The highest BCUT2D eigenvalue weighted by Gasteiger charge is 2.24. The minimum absolute atomic E-state index is 0.0568. The van der Waals surface area contributed by atoms with E-state index in [0.29, 0.717) is 31.9 Å². The third-order valence-electron chi connectivity index (χ3n) is 4.82. The third-order valence-corrected chi connectivity index (χ3v) is 4.82. The number of para-hydroxylation sites is 1. The Hall–Kier alpha value is -3.02. The van der Waals surface area contributed by atoms with E-state index in [2.05, 4.69) is 9.88 Å². The number of aromatic nitrogens is 2. The molecule has 2 aromatic carbocycles. The Balaban J connectivity index is 1.97. The quantitative estimate of drug-likeness (QED) is 0.751. The smallest absolute Gasteiger partial charge is 0.253 e. The van der Waals surface area contributed by atoms with Gasteiger partial charge in [-0.25, -0.2) is 4.98 Å². The molecule has 4 rings (SSSR count). The molecule has 0 saturated carbocycles. The van der Waals surface area contributed by atoms with Crippen molar-refractivity contribution in [1.82, 2.24) is 14.9 Å². The van der Waals surface area contributed by atoms with Gasteiger partial charge in [0, 0.05) is 18.7 Å². The van der Waals surface area contributed by atoms with Crippen LogP contribution in [0, 0.1) is 6.92 Å². The fourth-order valence-corrected chi connectivity index (χ4v) is 3.66. The first-order valence-electron chi connectivity index (χ1n) is 9.32. The number of carbonyl (C=O) groups excluding carboxylic acids is 1. The van der Waals surface area contributed by atoms with Gasteiger partial charge in [-0.2, -0.15) is 0 Å². The molecule has 0 spiro atoms. The van der Waals surface area contributed by atoms with Crippen LogP contribution in [0.1, 0.15) is 29.8 Å². The first-order chi connectivity index (χ1) is 13.2. The Labute approximate surface area is 158 Å². The van der Waals surface area contributed by atoms with Crippen LogP contribution in [-0.2, 0) is 6.54 Å². The lowest BCUT2D eigenvalue weighted by molar-refractivity contribution is 0.0956. The van der Waals surface area contributed by atoms with E-state index in [9.17, 15) is 4.79 Å². The Bertz CT molecular complexity index is 1020. The lowest BCUT2D eigenvalue weighted by atomic mass is 10.1. The highest BCUT2D eigenvalue weighted by atomic mass is 16.5. The fraction of sp³-hybridized carbons (Fsp3) is 0.333. The summed E-state index contributed by atoms with van der Waals surface area (Å²) in [6.45, 7) is 8.30. The molecule has 0 fully saturated rings. The molecule has 6 nitrogen and oxygen atoms in total. The molecule has 27 heavy (non-hydrogen) atoms. The lowest BCUT2D eigenvalue weighted by Gasteiger charge is -2.17. The van der Waals surface area contributed by atoms with E-state index in [1.165, 1.54) is 0 Å². The summed E-state index contributed by atoms with van der Waals surface area (Å²) in [5.74, 6) is 2.34. The first-order valence-corrected chi connectivity index (χ1v) is 9.32. The zero-order valence-electron chi connectivity index (χ0n) is 15.8. The highest BCUT2D eigenvalue weighted by Crippen LogP contribution is 2.39. The number of imidazole rings is 1. The molecule has 0 unspecified atom stereocenters. The molecule has 1 aliphatic rings. The average molecular weight is 365 g/mol. The molecule has 0 saturated heterocycles. The number of benzene rings is 2. The number of rotatable bonds is 5. The molecule has 3 aromatic rings. The number of ether oxygens (including phenoxy) is 2. The summed E-state index contributed by atoms with van der Waals surface area (Å²) >= 11 is 0. The fourth-order valence-electron chi connectivity index (χ4n) is 3.66. The van der Waals surface area contributed by atoms with Crippen molar-refractivity contribution in [1.29, 1.82) is 0 Å². The second-order valence-electron chi connectivity index (χ2n) is 6.45. The normalized spacial score (nSPS) is 13.4. The number of amides is 1. The molecule has 140 valence electrons. The summed E-state index contributed by atoms with van der Waals surface area (Å²) in [4.78, 5) is 17.2. The highest BCUT2D eigenvalue weighted by molar-refractivity contribution is 6.06. The van der Waals surface area contributed by atoms with Crippen molar-refractivity contribution >= 4 is 16.9 Å². The first kappa shape index (κ1) is 17.4. The number of carbonyl (C=O) groups is 1. The predicted octanol–water partition coefficient (Wildman–Crippen LogP) is 3.55. The maximum atomic E-state index is 12.4. The van der Waals surface area contributed by atoms with E-state index in [4.69, 9.17) is 14.5 Å². The molecule has 2 heterocycles. The van der Waals surface area contributed by atoms with Crippen LogP contribution in [0.4, 0.5) is 0 Å². The van der Waals surface area contributed by atoms with Crippen LogP contribution in [0.15, 0.2) is 30.3 Å². The van der Waals surface area contributed by atoms with E-state index < -0.39 is 0 Å². The van der Waals surface area contributed by atoms with Crippen LogP contribution in [-0.4, -0.2) is 35.2 Å². The summed E-state index contributed by atoms with van der Waals surface area (Å²) in [6, 6.07) is 9.62. The molecular formula is C21H23N3O3. The molecule has 0 aliphatic carbocycles. The Kier molecular flexibility index (Phi) is 4.48. The summed E-state index contributed by atoms with van der Waals surface area (Å²) < 4.78 is 13.8. The molecule has 1 amide bonds. The van der Waals surface area contributed by atoms with Gasteiger partial charge in [0.05, 0.1) is 35.4 Å². The Morgan fingerprint density at radius 3 is 2.70 bits per heavy atom. The van der Waals surface area contributed by atoms with Crippen LogP contribution in [0.5, 0.6) is 11.5 Å². The van der Waals surface area contributed by atoms with Crippen LogP contribution in [0.25, 0.3) is 22.4 Å². The van der Waals surface area contributed by atoms with Crippen molar-refractivity contribution in [3.63, 3.8) is 0 Å². The van der Waals surface area contributed by atoms with Gasteiger partial charge in [-0.3, -0.25) is 4.79 Å². The van der Waals surface area contributed by atoms with Gasteiger partial charge in [-0.15, -0.1) is 0 Å². The van der Waals surface area contributed by atoms with E-state index >= 15 is 0 Å². The second-order valence-corrected chi connectivity index (χ2v) is 6.45. The molecule has 1 aliphatic heterocycles. The topological polar surface area (TPSA) is 65.4 Å². The molecule has 0 radical (unpaired) electrons. The van der Waals surface area contributed by atoms with Gasteiger partial charge >= 0.3 is 0 Å². The second kappa shape index (κ2) is 6.95. The summed E-state index contributed by atoms with van der Waals surface area (Å²) in [6.07, 6.45) is 0. The van der Waals surface area contributed by atoms with Crippen LogP contribution in [0.2, 0.25) is 0 Å². The van der Waals surface area contributed by atoms with Gasteiger partial charge in [0.25, 0.3) is 5.91 Å². The van der Waals surface area contributed by atoms with Crippen molar-refractivity contribution in [3.05, 3.63) is 41.5 Å². The number of hydrogen-bond acceptors (Lipinski definition) is 4. The summed E-state index contributed by atoms with van der Waals surface area (Å²) in [5.41, 5.74) is 4.21. The largest absolute Gasteiger partial charge is 0.493 e. The van der Waals surface area contributed by atoms with E-state index in [-0.39, 0.29) is 5.91 Å². The molecule has 1 aromatic heterocycles. The van der Waals surface area contributed by atoms with Gasteiger partial charge in [-0.1, -0.05) is 6.07 Å². The number of nitrogens with zero attached hydrogens (tertiary/aromatic N) is 2. The Morgan fingerprint density at radius 2 is 1.93 bits per heavy atom. The molecule has 1 N–H and O–H groups in total. The minimum Gasteiger partial charge on any atom is -0.493 e. The van der Waals surface area contributed by atoms with Crippen LogP contribution >= 0.6 is 0 Å².